The molecule has 1 aliphatic heterocycles. The van der Waals surface area contributed by atoms with Gasteiger partial charge in [0.15, 0.2) is 0 Å². The molecular weight excluding hydrogens is 459 g/mol. The molecule has 0 unspecified atom stereocenters. The molecule has 5 rings (SSSR count). The number of alkyl halides is 2. The van der Waals surface area contributed by atoms with E-state index in [0.717, 1.165) is 12.8 Å². The van der Waals surface area contributed by atoms with Crippen LogP contribution < -0.4 is 4.74 Å². The molecule has 7 nitrogen and oxygen atoms in total. The quantitative estimate of drug-likeness (QED) is 0.527. The molecule has 1 saturated carbocycles. The van der Waals surface area contributed by atoms with Crippen LogP contribution in [0.3, 0.4) is 0 Å². The Hall–Kier alpha value is -2.92. The van der Waals surface area contributed by atoms with Crippen molar-refractivity contribution in [2.45, 2.75) is 55.7 Å². The van der Waals surface area contributed by atoms with Crippen LogP contribution in [0.1, 0.15) is 43.6 Å². The van der Waals surface area contributed by atoms with Crippen LogP contribution in [-0.4, -0.2) is 35.1 Å². The minimum absolute atomic E-state index is 0.0860. The molecule has 174 valence electrons. The smallest absolute Gasteiger partial charge is 0.314 e. The van der Waals surface area contributed by atoms with Gasteiger partial charge in [0.05, 0.1) is 10.9 Å². The molecule has 2 aromatic carbocycles. The normalized spacial score (nSPS) is 22.4. The van der Waals surface area contributed by atoms with Gasteiger partial charge in [-0.3, -0.25) is 0 Å². The standard InChI is InChI=1S/C22H20F3N3O4S/c23-15-7-9-16(10-8-15)31-18-4-2-1-3-17(18)28-12-14-6-5-13(11-19(14)33(28,29)30)21-26-27-22(32-21)20(24)25/h5-11,17-18,20H,1-4,12H2/t17-,18-/m1/s1. The van der Waals surface area contributed by atoms with Crippen molar-refractivity contribution in [1.29, 1.82) is 0 Å². The van der Waals surface area contributed by atoms with E-state index in [2.05, 4.69) is 10.2 Å². The van der Waals surface area contributed by atoms with Crippen molar-refractivity contribution >= 4 is 10.0 Å². The summed E-state index contributed by atoms with van der Waals surface area (Å²) in [6.45, 7) is 0.179. The van der Waals surface area contributed by atoms with Gasteiger partial charge >= 0.3 is 6.43 Å². The van der Waals surface area contributed by atoms with Crippen LogP contribution in [0.4, 0.5) is 13.2 Å². The Labute approximate surface area is 188 Å². The van der Waals surface area contributed by atoms with Gasteiger partial charge in [-0.05, 0) is 61.2 Å². The topological polar surface area (TPSA) is 85.5 Å². The number of ether oxygens (including phenoxy) is 1. The highest BCUT2D eigenvalue weighted by Gasteiger charge is 2.44. The van der Waals surface area contributed by atoms with E-state index in [-0.39, 0.29) is 34.8 Å². The second-order valence-corrected chi connectivity index (χ2v) is 9.94. The van der Waals surface area contributed by atoms with Crippen LogP contribution in [0, 0.1) is 5.82 Å². The van der Waals surface area contributed by atoms with Gasteiger partial charge < -0.3 is 9.15 Å². The largest absolute Gasteiger partial charge is 0.489 e. The Morgan fingerprint density at radius 2 is 1.82 bits per heavy atom. The van der Waals surface area contributed by atoms with E-state index in [1.54, 1.807) is 12.1 Å². The molecule has 0 amide bonds. The summed E-state index contributed by atoms with van der Waals surface area (Å²) in [4.78, 5) is 0.0860. The van der Waals surface area contributed by atoms with E-state index >= 15 is 0 Å². The van der Waals surface area contributed by atoms with Crippen LogP contribution in [0.5, 0.6) is 5.75 Å². The average Bonchev–Trinajstić information content (AvgIpc) is 3.39. The molecule has 11 heteroatoms. The lowest BCUT2D eigenvalue weighted by molar-refractivity contribution is 0.0748. The molecule has 1 aliphatic carbocycles. The van der Waals surface area contributed by atoms with Crippen molar-refractivity contribution in [1.82, 2.24) is 14.5 Å². The summed E-state index contributed by atoms with van der Waals surface area (Å²) >= 11 is 0. The third-order valence-electron chi connectivity index (χ3n) is 5.99. The molecule has 1 aromatic heterocycles. The number of benzene rings is 2. The van der Waals surface area contributed by atoms with E-state index in [9.17, 15) is 21.6 Å². The molecule has 0 bridgehead atoms. The third-order valence-corrected chi connectivity index (χ3v) is 7.95. The number of aromatic nitrogens is 2. The summed E-state index contributed by atoms with van der Waals surface area (Å²) in [6.07, 6.45) is -0.222. The van der Waals surface area contributed by atoms with Crippen LogP contribution in [0.25, 0.3) is 11.5 Å². The van der Waals surface area contributed by atoms with Gasteiger partial charge in [0.25, 0.3) is 5.89 Å². The highest BCUT2D eigenvalue weighted by molar-refractivity contribution is 7.89. The molecule has 1 fully saturated rings. The first-order chi connectivity index (χ1) is 15.8. The van der Waals surface area contributed by atoms with Crippen molar-refractivity contribution in [3.63, 3.8) is 0 Å². The number of hydrogen-bond donors (Lipinski definition) is 0. The molecule has 0 N–H and O–H groups in total. The maximum absolute atomic E-state index is 13.5. The van der Waals surface area contributed by atoms with E-state index in [1.165, 1.54) is 34.6 Å². The number of nitrogens with zero attached hydrogens (tertiary/aromatic N) is 3. The highest BCUT2D eigenvalue weighted by atomic mass is 32.2. The molecular formula is C22H20F3N3O4S. The van der Waals surface area contributed by atoms with Crippen molar-refractivity contribution in [2.75, 3.05) is 0 Å². The van der Waals surface area contributed by atoms with Gasteiger partial charge in [-0.2, -0.15) is 13.1 Å². The predicted molar refractivity (Wildman–Crippen MR) is 110 cm³/mol. The lowest BCUT2D eigenvalue weighted by Gasteiger charge is -2.36. The fraction of sp³-hybridized carbons (Fsp3) is 0.364. The molecule has 0 radical (unpaired) electrons. The lowest BCUT2D eigenvalue weighted by Crippen LogP contribution is -2.48. The van der Waals surface area contributed by atoms with Gasteiger partial charge in [0.1, 0.15) is 17.7 Å². The van der Waals surface area contributed by atoms with Gasteiger partial charge in [0, 0.05) is 12.1 Å². The third kappa shape index (κ3) is 4.10. The Morgan fingerprint density at radius 1 is 1.06 bits per heavy atom. The van der Waals surface area contributed by atoms with Gasteiger partial charge in [-0.1, -0.05) is 12.5 Å². The Bertz CT molecular complexity index is 1260. The zero-order valence-electron chi connectivity index (χ0n) is 17.3. The second-order valence-electron chi connectivity index (χ2n) is 8.08. The average molecular weight is 479 g/mol. The maximum atomic E-state index is 13.5. The minimum Gasteiger partial charge on any atom is -0.489 e. The van der Waals surface area contributed by atoms with E-state index in [0.29, 0.717) is 24.2 Å². The Morgan fingerprint density at radius 3 is 2.55 bits per heavy atom. The zero-order chi connectivity index (χ0) is 23.2. The van der Waals surface area contributed by atoms with Gasteiger partial charge in [0.2, 0.25) is 15.9 Å². The van der Waals surface area contributed by atoms with Crippen LogP contribution >= 0.6 is 0 Å². The number of halogens is 3. The molecule has 0 saturated heterocycles. The van der Waals surface area contributed by atoms with E-state index < -0.39 is 28.4 Å². The lowest BCUT2D eigenvalue weighted by atomic mass is 9.92. The van der Waals surface area contributed by atoms with Crippen molar-refractivity contribution in [3.8, 4) is 17.2 Å². The van der Waals surface area contributed by atoms with Gasteiger partial charge in [-0.25, -0.2) is 12.8 Å². The minimum atomic E-state index is -3.86. The second kappa shape index (κ2) is 8.45. The SMILES string of the molecule is O=S1(=O)c2cc(-c3nnc(C(F)F)o3)ccc2CN1[C@@H]1CCCC[C@H]1Oc1ccc(F)cc1. The summed E-state index contributed by atoms with van der Waals surface area (Å²) < 4.78 is 78.2. The summed E-state index contributed by atoms with van der Waals surface area (Å²) in [5.74, 6) is -0.885. The summed E-state index contributed by atoms with van der Waals surface area (Å²) in [6, 6.07) is 9.85. The fourth-order valence-corrected chi connectivity index (χ4v) is 6.30. The van der Waals surface area contributed by atoms with Crippen molar-refractivity contribution < 1.29 is 30.7 Å². The summed E-state index contributed by atoms with van der Waals surface area (Å²) in [5, 5.41) is 6.90. The van der Waals surface area contributed by atoms with E-state index in [4.69, 9.17) is 9.15 Å². The van der Waals surface area contributed by atoms with Crippen LogP contribution in [0.2, 0.25) is 0 Å². The molecule has 2 heterocycles. The number of fused-ring (bicyclic) bond motifs is 1. The van der Waals surface area contributed by atoms with Crippen molar-refractivity contribution in [2.24, 2.45) is 0 Å². The Kier molecular flexibility index (Phi) is 5.61. The fourth-order valence-electron chi connectivity index (χ4n) is 4.40. The molecule has 2 atom stereocenters. The van der Waals surface area contributed by atoms with Crippen molar-refractivity contribution in [3.05, 3.63) is 59.7 Å². The van der Waals surface area contributed by atoms with Crippen LogP contribution in [-0.2, 0) is 16.6 Å². The monoisotopic (exact) mass is 479 g/mol. The maximum Gasteiger partial charge on any atom is 0.314 e. The van der Waals surface area contributed by atoms with Crippen LogP contribution in [0.15, 0.2) is 51.8 Å². The number of sulfonamides is 1. The first kappa shape index (κ1) is 21.9. The first-order valence-corrected chi connectivity index (χ1v) is 12.0. The predicted octanol–water partition coefficient (Wildman–Crippen LogP) is 4.71. The molecule has 0 spiro atoms. The summed E-state index contributed by atoms with van der Waals surface area (Å²) in [7, 11) is -3.86. The first-order valence-electron chi connectivity index (χ1n) is 10.5. The number of rotatable bonds is 5. The van der Waals surface area contributed by atoms with Gasteiger partial charge in [-0.15, -0.1) is 10.2 Å². The highest BCUT2D eigenvalue weighted by Crippen LogP contribution is 2.39. The molecule has 2 aliphatic rings. The van der Waals surface area contributed by atoms with E-state index in [1.807, 2.05) is 0 Å². The Balaban J connectivity index is 1.42. The summed E-state index contributed by atoms with van der Waals surface area (Å²) in [5.41, 5.74) is 0.847. The zero-order valence-corrected chi connectivity index (χ0v) is 18.1. The molecule has 33 heavy (non-hydrogen) atoms. The molecule has 3 aromatic rings. The number of hydrogen-bond acceptors (Lipinski definition) is 6.